The second-order valence-corrected chi connectivity index (χ2v) is 3.89. The van der Waals surface area contributed by atoms with Gasteiger partial charge in [0, 0.05) is 6.61 Å². The quantitative estimate of drug-likeness (QED) is 0.458. The number of benzene rings is 1. The number of rotatable bonds is 6. The number of para-hydroxylation sites is 1. The number of nitrogens with one attached hydrogen (secondary N) is 1. The minimum Gasteiger partial charge on any atom is -0.504 e. The predicted molar refractivity (Wildman–Crippen MR) is 64.4 cm³/mol. The van der Waals surface area contributed by atoms with Crippen molar-refractivity contribution >= 4 is 5.91 Å². The van der Waals surface area contributed by atoms with Gasteiger partial charge in [0.05, 0.1) is 18.2 Å². The van der Waals surface area contributed by atoms with Crippen molar-refractivity contribution in [2.45, 2.75) is 18.9 Å². The molecule has 1 aromatic rings. The second-order valence-electron chi connectivity index (χ2n) is 3.89. The molecule has 0 heterocycles. The highest BCUT2D eigenvalue weighted by molar-refractivity contribution is 5.97. The second kappa shape index (κ2) is 6.83. The Morgan fingerprint density at radius 2 is 2.00 bits per heavy atom. The summed E-state index contributed by atoms with van der Waals surface area (Å²) in [5.41, 5.74) is -0.0579. The Bertz CT molecular complexity index is 407. The van der Waals surface area contributed by atoms with E-state index in [-0.39, 0.29) is 24.5 Å². The number of aromatic hydroxyl groups is 2. The fraction of sp³-hybridized carbons (Fsp3) is 0.417. The fourth-order valence-corrected chi connectivity index (χ4v) is 1.52. The van der Waals surface area contributed by atoms with E-state index in [0.29, 0.717) is 12.8 Å². The summed E-state index contributed by atoms with van der Waals surface area (Å²) in [5, 5.41) is 39.0. The van der Waals surface area contributed by atoms with Crippen LogP contribution in [0.15, 0.2) is 18.2 Å². The molecule has 0 aromatic heterocycles. The number of phenols is 2. The number of carbonyl (C=O) groups is 1. The number of aliphatic hydroxyl groups excluding tert-OH is 2. The standard InChI is InChI=1S/C12H17NO5/c14-6-2-3-8(7-15)13-12(18)9-4-1-5-10(16)11(9)17/h1,4-5,8,14-17H,2-3,6-7H2,(H,13,18)/t8-/m0/s1. The van der Waals surface area contributed by atoms with Crippen LogP contribution >= 0.6 is 0 Å². The van der Waals surface area contributed by atoms with Crippen LogP contribution in [0.3, 0.4) is 0 Å². The van der Waals surface area contributed by atoms with Crippen molar-refractivity contribution in [1.29, 1.82) is 0 Å². The number of amides is 1. The number of hydrogen-bond donors (Lipinski definition) is 5. The minimum atomic E-state index is -0.583. The molecule has 6 heteroatoms. The molecule has 5 N–H and O–H groups in total. The molecule has 100 valence electrons. The average Bonchev–Trinajstić information content (AvgIpc) is 2.37. The first-order valence-corrected chi connectivity index (χ1v) is 5.63. The molecule has 0 spiro atoms. The van der Waals surface area contributed by atoms with Gasteiger partial charge in [0.25, 0.3) is 5.91 Å². The summed E-state index contributed by atoms with van der Waals surface area (Å²) < 4.78 is 0. The highest BCUT2D eigenvalue weighted by Crippen LogP contribution is 2.28. The molecular weight excluding hydrogens is 238 g/mol. The highest BCUT2D eigenvalue weighted by atomic mass is 16.3. The van der Waals surface area contributed by atoms with E-state index in [1.807, 2.05) is 0 Å². The van der Waals surface area contributed by atoms with Crippen LogP contribution in [0.2, 0.25) is 0 Å². The SMILES string of the molecule is O=C(N[C@H](CO)CCCO)c1cccc(O)c1O. The maximum absolute atomic E-state index is 11.8. The summed E-state index contributed by atoms with van der Waals surface area (Å²) >= 11 is 0. The molecule has 0 saturated heterocycles. The van der Waals surface area contributed by atoms with Crippen molar-refractivity contribution in [3.8, 4) is 11.5 Å². The molecule has 0 radical (unpaired) electrons. The lowest BCUT2D eigenvalue weighted by molar-refractivity contribution is 0.0906. The third-order valence-corrected chi connectivity index (χ3v) is 2.53. The lowest BCUT2D eigenvalue weighted by Gasteiger charge is -2.16. The van der Waals surface area contributed by atoms with Crippen molar-refractivity contribution < 1.29 is 25.2 Å². The van der Waals surface area contributed by atoms with Crippen LogP contribution in [0.1, 0.15) is 23.2 Å². The summed E-state index contributed by atoms with van der Waals surface area (Å²) in [6.45, 7) is -0.283. The zero-order valence-electron chi connectivity index (χ0n) is 9.83. The monoisotopic (exact) mass is 255 g/mol. The topological polar surface area (TPSA) is 110 Å². The molecule has 0 fully saturated rings. The van der Waals surface area contributed by atoms with Crippen molar-refractivity contribution in [2.75, 3.05) is 13.2 Å². The van der Waals surface area contributed by atoms with E-state index in [0.717, 1.165) is 0 Å². The Morgan fingerprint density at radius 1 is 1.28 bits per heavy atom. The van der Waals surface area contributed by atoms with Gasteiger partial charge in [0.1, 0.15) is 0 Å². The first-order valence-electron chi connectivity index (χ1n) is 5.63. The van der Waals surface area contributed by atoms with E-state index in [2.05, 4.69) is 5.32 Å². The molecule has 0 aliphatic heterocycles. The molecular formula is C12H17NO5. The van der Waals surface area contributed by atoms with E-state index < -0.39 is 17.7 Å². The van der Waals surface area contributed by atoms with Gasteiger partial charge in [-0.05, 0) is 25.0 Å². The molecule has 0 bridgehead atoms. The van der Waals surface area contributed by atoms with Crippen molar-refractivity contribution in [3.63, 3.8) is 0 Å². The van der Waals surface area contributed by atoms with Gasteiger partial charge in [0.15, 0.2) is 11.5 Å². The van der Waals surface area contributed by atoms with E-state index >= 15 is 0 Å². The van der Waals surface area contributed by atoms with Gasteiger partial charge in [-0.1, -0.05) is 6.07 Å². The van der Waals surface area contributed by atoms with Gasteiger partial charge in [-0.25, -0.2) is 0 Å². The Balaban J connectivity index is 2.72. The highest BCUT2D eigenvalue weighted by Gasteiger charge is 2.17. The molecule has 0 aliphatic rings. The molecule has 0 unspecified atom stereocenters. The van der Waals surface area contributed by atoms with Crippen molar-refractivity contribution in [2.24, 2.45) is 0 Å². The largest absolute Gasteiger partial charge is 0.504 e. The van der Waals surface area contributed by atoms with E-state index in [1.54, 1.807) is 0 Å². The van der Waals surface area contributed by atoms with Crippen LogP contribution in [-0.2, 0) is 0 Å². The zero-order chi connectivity index (χ0) is 13.5. The molecule has 0 aliphatic carbocycles. The number of hydrogen-bond acceptors (Lipinski definition) is 5. The Kier molecular flexibility index (Phi) is 5.41. The first-order chi connectivity index (χ1) is 8.60. The number of carbonyl (C=O) groups excluding carboxylic acids is 1. The minimum absolute atomic E-state index is 0.0241. The van der Waals surface area contributed by atoms with Gasteiger partial charge in [0.2, 0.25) is 0 Å². The molecule has 1 aromatic carbocycles. The smallest absolute Gasteiger partial charge is 0.255 e. The summed E-state index contributed by atoms with van der Waals surface area (Å²) in [6, 6.07) is 3.57. The van der Waals surface area contributed by atoms with Crippen LogP contribution in [0, 0.1) is 0 Å². The van der Waals surface area contributed by atoms with Gasteiger partial charge in [-0.15, -0.1) is 0 Å². The molecule has 1 atom stereocenters. The summed E-state index contributed by atoms with van der Waals surface area (Å²) in [7, 11) is 0. The predicted octanol–water partition coefficient (Wildman–Crippen LogP) is -0.0390. The summed E-state index contributed by atoms with van der Waals surface area (Å²) in [4.78, 5) is 11.8. The van der Waals surface area contributed by atoms with Crippen LogP contribution in [0.25, 0.3) is 0 Å². The van der Waals surface area contributed by atoms with E-state index in [9.17, 15) is 15.0 Å². The molecule has 1 amide bonds. The molecule has 18 heavy (non-hydrogen) atoms. The Morgan fingerprint density at radius 3 is 2.61 bits per heavy atom. The maximum atomic E-state index is 11.8. The summed E-state index contributed by atoms with van der Waals surface area (Å²) in [6.07, 6.45) is 0.885. The lowest BCUT2D eigenvalue weighted by Crippen LogP contribution is -2.37. The average molecular weight is 255 g/mol. The molecule has 0 saturated carbocycles. The summed E-state index contributed by atoms with van der Waals surface area (Å²) in [5.74, 6) is -1.45. The van der Waals surface area contributed by atoms with Crippen LogP contribution in [-0.4, -0.2) is 45.6 Å². The van der Waals surface area contributed by atoms with Gasteiger partial charge >= 0.3 is 0 Å². The Labute approximate surface area is 105 Å². The van der Waals surface area contributed by atoms with Gasteiger partial charge in [-0.3, -0.25) is 4.79 Å². The number of phenolic OH excluding ortho intramolecular Hbond substituents is 2. The van der Waals surface area contributed by atoms with Crippen molar-refractivity contribution in [3.05, 3.63) is 23.8 Å². The van der Waals surface area contributed by atoms with E-state index in [1.165, 1.54) is 18.2 Å². The molecule has 1 rings (SSSR count). The third kappa shape index (κ3) is 3.61. The van der Waals surface area contributed by atoms with Gasteiger partial charge in [-0.2, -0.15) is 0 Å². The van der Waals surface area contributed by atoms with Crippen LogP contribution in [0.5, 0.6) is 11.5 Å². The Hall–Kier alpha value is -1.79. The number of aliphatic hydroxyl groups is 2. The van der Waals surface area contributed by atoms with Gasteiger partial charge < -0.3 is 25.7 Å². The lowest BCUT2D eigenvalue weighted by atomic mass is 10.1. The van der Waals surface area contributed by atoms with Crippen LogP contribution < -0.4 is 5.32 Å². The maximum Gasteiger partial charge on any atom is 0.255 e. The fourth-order valence-electron chi connectivity index (χ4n) is 1.52. The van der Waals surface area contributed by atoms with E-state index in [4.69, 9.17) is 10.2 Å². The first kappa shape index (κ1) is 14.3. The van der Waals surface area contributed by atoms with Crippen LogP contribution in [0.4, 0.5) is 0 Å². The normalized spacial score (nSPS) is 12.1. The molecule has 6 nitrogen and oxygen atoms in total. The zero-order valence-corrected chi connectivity index (χ0v) is 9.83. The third-order valence-electron chi connectivity index (χ3n) is 2.53. The van der Waals surface area contributed by atoms with Crippen molar-refractivity contribution in [1.82, 2.24) is 5.32 Å².